The second-order valence-electron chi connectivity index (χ2n) is 8.68. The van der Waals surface area contributed by atoms with Crippen LogP contribution in [0.15, 0.2) is 36.4 Å². The van der Waals surface area contributed by atoms with E-state index in [1.165, 1.54) is 20.3 Å². The van der Waals surface area contributed by atoms with Gasteiger partial charge in [-0.15, -0.1) is 0 Å². The normalized spacial score (nSPS) is 11.6. The van der Waals surface area contributed by atoms with Gasteiger partial charge in [0.15, 0.2) is 0 Å². The monoisotopic (exact) mass is 446 g/mol. The van der Waals surface area contributed by atoms with Crippen LogP contribution in [0.2, 0.25) is 18.1 Å². The molecule has 0 saturated carbocycles. The number of methoxy groups -OCH3 is 2. The first kappa shape index (κ1) is 24.2. The van der Waals surface area contributed by atoms with Gasteiger partial charge in [-0.25, -0.2) is 4.79 Å². The SMILES string of the molecule is COC(=O)c1ccc(CNc2ccc(O[Si](C)(C)C(C)(C)C)cc2[N+](=O)[O-])cc1OC. The number of nitrogens with one attached hydrogen (secondary N) is 1. The van der Waals surface area contributed by atoms with Crippen molar-refractivity contribution in [3.8, 4) is 11.5 Å². The van der Waals surface area contributed by atoms with E-state index in [1.807, 2.05) is 0 Å². The van der Waals surface area contributed by atoms with Gasteiger partial charge in [0.1, 0.15) is 22.7 Å². The Morgan fingerprint density at radius 3 is 2.35 bits per heavy atom. The van der Waals surface area contributed by atoms with E-state index in [0.29, 0.717) is 29.3 Å². The molecule has 0 amide bonds. The first-order valence-electron chi connectivity index (χ1n) is 9.86. The summed E-state index contributed by atoms with van der Waals surface area (Å²) in [6, 6.07) is 9.90. The quantitative estimate of drug-likeness (QED) is 0.251. The minimum absolute atomic E-state index is 0.0197. The molecule has 8 nitrogen and oxygen atoms in total. The van der Waals surface area contributed by atoms with Crippen LogP contribution in [0.3, 0.4) is 0 Å². The zero-order valence-corrected chi connectivity index (χ0v) is 20.1. The Labute approximate surface area is 183 Å². The van der Waals surface area contributed by atoms with E-state index in [0.717, 1.165) is 5.56 Å². The van der Waals surface area contributed by atoms with E-state index in [1.54, 1.807) is 30.3 Å². The van der Waals surface area contributed by atoms with E-state index in [4.69, 9.17) is 13.9 Å². The molecule has 1 N–H and O–H groups in total. The fraction of sp³-hybridized carbons (Fsp3) is 0.409. The molecule has 2 aromatic rings. The lowest BCUT2D eigenvalue weighted by atomic mass is 10.1. The first-order valence-corrected chi connectivity index (χ1v) is 12.8. The molecule has 0 atom stereocenters. The molecule has 31 heavy (non-hydrogen) atoms. The number of carbonyl (C=O) groups is 1. The number of nitro groups is 1. The average molecular weight is 447 g/mol. The third-order valence-electron chi connectivity index (χ3n) is 5.50. The number of carbonyl (C=O) groups excluding carboxylic acids is 1. The van der Waals surface area contributed by atoms with Gasteiger partial charge in [-0.1, -0.05) is 26.8 Å². The molecule has 168 valence electrons. The number of benzene rings is 2. The molecule has 2 rings (SSSR count). The van der Waals surface area contributed by atoms with E-state index in [9.17, 15) is 14.9 Å². The highest BCUT2D eigenvalue weighted by atomic mass is 28.4. The smallest absolute Gasteiger partial charge is 0.341 e. The molecule has 0 fully saturated rings. The summed E-state index contributed by atoms with van der Waals surface area (Å²) in [6.45, 7) is 10.8. The van der Waals surface area contributed by atoms with E-state index in [-0.39, 0.29) is 10.7 Å². The Balaban J connectivity index is 2.24. The number of anilines is 1. The number of hydrogen-bond donors (Lipinski definition) is 1. The lowest BCUT2D eigenvalue weighted by Crippen LogP contribution is -2.43. The summed E-state index contributed by atoms with van der Waals surface area (Å²) in [7, 11) is 0.649. The number of hydrogen-bond acceptors (Lipinski definition) is 7. The second-order valence-corrected chi connectivity index (χ2v) is 13.4. The lowest BCUT2D eigenvalue weighted by Gasteiger charge is -2.36. The van der Waals surface area contributed by atoms with Gasteiger partial charge < -0.3 is 19.2 Å². The highest BCUT2D eigenvalue weighted by molar-refractivity contribution is 6.74. The molecule has 0 saturated heterocycles. The zero-order valence-electron chi connectivity index (χ0n) is 19.1. The fourth-order valence-electron chi connectivity index (χ4n) is 2.64. The van der Waals surface area contributed by atoms with E-state index in [2.05, 4.69) is 39.2 Å². The number of nitro benzene ring substituents is 1. The molecule has 0 aliphatic rings. The molecule has 0 radical (unpaired) electrons. The molecule has 2 aromatic carbocycles. The Kier molecular flexibility index (Phi) is 7.32. The molecule has 0 bridgehead atoms. The molecule has 0 heterocycles. The Hall–Kier alpha value is -3.07. The summed E-state index contributed by atoms with van der Waals surface area (Å²) in [5.41, 5.74) is 1.42. The van der Waals surface area contributed by atoms with Crippen LogP contribution in [0.25, 0.3) is 0 Å². The van der Waals surface area contributed by atoms with Crippen LogP contribution in [0.1, 0.15) is 36.7 Å². The van der Waals surface area contributed by atoms with Gasteiger partial charge in [-0.3, -0.25) is 10.1 Å². The van der Waals surface area contributed by atoms with E-state index < -0.39 is 19.2 Å². The van der Waals surface area contributed by atoms with Gasteiger partial charge in [0.25, 0.3) is 5.69 Å². The van der Waals surface area contributed by atoms with Crippen molar-refractivity contribution in [1.29, 1.82) is 0 Å². The number of ether oxygens (including phenoxy) is 2. The summed E-state index contributed by atoms with van der Waals surface area (Å²) < 4.78 is 16.2. The number of rotatable bonds is 8. The van der Waals surface area contributed by atoms with Crippen molar-refractivity contribution in [3.05, 3.63) is 57.6 Å². The predicted octanol–water partition coefficient (Wildman–Crippen LogP) is 5.39. The molecular formula is C22H30N2O6Si. The van der Waals surface area contributed by atoms with Crippen LogP contribution in [-0.2, 0) is 11.3 Å². The second kappa shape index (κ2) is 9.38. The van der Waals surface area contributed by atoms with Crippen LogP contribution in [0, 0.1) is 10.1 Å². The topological polar surface area (TPSA) is 99.9 Å². The molecule has 0 aromatic heterocycles. The largest absolute Gasteiger partial charge is 0.543 e. The third kappa shape index (κ3) is 5.75. The summed E-state index contributed by atoms with van der Waals surface area (Å²) in [4.78, 5) is 23.0. The van der Waals surface area contributed by atoms with Crippen LogP contribution >= 0.6 is 0 Å². The highest BCUT2D eigenvalue weighted by Gasteiger charge is 2.39. The van der Waals surface area contributed by atoms with Crippen LogP contribution < -0.4 is 14.5 Å². The zero-order chi connectivity index (χ0) is 23.4. The minimum atomic E-state index is -2.12. The van der Waals surface area contributed by atoms with Crippen LogP contribution in [-0.4, -0.2) is 33.4 Å². The molecule has 0 spiro atoms. The van der Waals surface area contributed by atoms with Crippen LogP contribution in [0.5, 0.6) is 11.5 Å². The van der Waals surface area contributed by atoms with Gasteiger partial charge >= 0.3 is 5.97 Å². The van der Waals surface area contributed by atoms with Crippen molar-refractivity contribution in [2.75, 3.05) is 19.5 Å². The maximum atomic E-state index is 11.8. The Bertz CT molecular complexity index is 969. The summed E-state index contributed by atoms with van der Waals surface area (Å²) >= 11 is 0. The molecule has 0 aliphatic heterocycles. The summed E-state index contributed by atoms with van der Waals surface area (Å²) in [5.74, 6) is 0.371. The molecule has 9 heteroatoms. The van der Waals surface area contributed by atoms with Crippen molar-refractivity contribution in [1.82, 2.24) is 0 Å². The van der Waals surface area contributed by atoms with Gasteiger partial charge in [0.05, 0.1) is 25.2 Å². The number of nitrogens with zero attached hydrogens (tertiary/aromatic N) is 1. The molecular weight excluding hydrogens is 416 g/mol. The van der Waals surface area contributed by atoms with Crippen LogP contribution in [0.4, 0.5) is 11.4 Å². The standard InChI is InChI=1S/C22H30N2O6Si/c1-22(2,3)31(6,7)30-16-9-11-18(19(13-16)24(26)27)23-14-15-8-10-17(21(25)29-5)20(12-15)28-4/h8-13,23H,14H2,1-7H3. The van der Waals surface area contributed by atoms with E-state index >= 15 is 0 Å². The highest BCUT2D eigenvalue weighted by Crippen LogP contribution is 2.39. The van der Waals surface area contributed by atoms with Gasteiger partial charge in [0.2, 0.25) is 8.32 Å². The third-order valence-corrected chi connectivity index (χ3v) is 9.86. The van der Waals surface area contributed by atoms with Crippen molar-refractivity contribution in [3.63, 3.8) is 0 Å². The van der Waals surface area contributed by atoms with Crippen molar-refractivity contribution in [2.45, 2.75) is 45.4 Å². The summed E-state index contributed by atoms with van der Waals surface area (Å²) in [6.07, 6.45) is 0. The fourth-order valence-corrected chi connectivity index (χ4v) is 3.67. The molecule has 0 aliphatic carbocycles. The minimum Gasteiger partial charge on any atom is -0.543 e. The maximum absolute atomic E-state index is 11.8. The number of esters is 1. The lowest BCUT2D eigenvalue weighted by molar-refractivity contribution is -0.384. The maximum Gasteiger partial charge on any atom is 0.341 e. The van der Waals surface area contributed by atoms with Crippen molar-refractivity contribution < 1.29 is 23.6 Å². The first-order chi connectivity index (χ1) is 14.4. The average Bonchev–Trinajstić information content (AvgIpc) is 2.70. The predicted molar refractivity (Wildman–Crippen MR) is 123 cm³/mol. The Morgan fingerprint density at radius 1 is 1.13 bits per heavy atom. The van der Waals surface area contributed by atoms with Gasteiger partial charge in [-0.05, 0) is 48.0 Å². The Morgan fingerprint density at radius 2 is 1.81 bits per heavy atom. The van der Waals surface area contributed by atoms with Gasteiger partial charge in [-0.2, -0.15) is 0 Å². The van der Waals surface area contributed by atoms with Crippen molar-refractivity contribution in [2.24, 2.45) is 0 Å². The summed E-state index contributed by atoms with van der Waals surface area (Å²) in [5, 5.41) is 14.7. The van der Waals surface area contributed by atoms with Gasteiger partial charge in [0, 0.05) is 6.54 Å². The molecule has 0 unspecified atom stereocenters. The van der Waals surface area contributed by atoms with Crippen molar-refractivity contribution >= 4 is 25.7 Å².